The molecule has 1 unspecified atom stereocenters. The molecule has 0 radical (unpaired) electrons. The summed E-state index contributed by atoms with van der Waals surface area (Å²) in [5.41, 5.74) is 0.0399. The third-order valence-corrected chi connectivity index (χ3v) is 1.31. The average Bonchev–Trinajstić information content (AvgIpc) is 1.84. The number of halogens is 1. The maximum absolute atomic E-state index is 12.3. The Balaban J connectivity index is 3.51. The van der Waals surface area contributed by atoms with Crippen molar-refractivity contribution in [2.24, 2.45) is 5.41 Å². The van der Waals surface area contributed by atoms with E-state index >= 15 is 0 Å². The summed E-state index contributed by atoms with van der Waals surface area (Å²) in [5, 5.41) is 8.11. The molecule has 0 heterocycles. The lowest BCUT2D eigenvalue weighted by molar-refractivity contribution is -0.163. The first-order valence-corrected chi connectivity index (χ1v) is 3.81. The van der Waals surface area contributed by atoms with Crippen LogP contribution in [-0.4, -0.2) is 24.0 Å². The predicted molar refractivity (Wildman–Crippen MR) is 42.6 cm³/mol. The molecule has 4 heteroatoms. The van der Waals surface area contributed by atoms with Crippen molar-refractivity contribution in [3.63, 3.8) is 0 Å². The summed E-state index contributed by atoms with van der Waals surface area (Å²) in [6.07, 6.45) is -1.55. The van der Waals surface area contributed by atoms with Crippen molar-refractivity contribution in [1.29, 1.82) is 0 Å². The summed E-state index contributed by atoms with van der Waals surface area (Å²) in [6.45, 7) is 6.07. The fourth-order valence-electron chi connectivity index (χ4n) is 0.540. The van der Waals surface area contributed by atoms with Crippen LogP contribution in [0.3, 0.4) is 0 Å². The van der Waals surface area contributed by atoms with Gasteiger partial charge in [-0.3, -0.25) is 0 Å². The number of hydrogen-bond acceptors (Lipinski definition) is 2. The van der Waals surface area contributed by atoms with E-state index < -0.39 is 12.3 Å². The van der Waals surface area contributed by atoms with Crippen LogP contribution in [0.2, 0.25) is 0 Å². The predicted octanol–water partition coefficient (Wildman–Crippen LogP) is 1.82. The molecule has 72 valence electrons. The summed E-state index contributed by atoms with van der Waals surface area (Å²) in [5.74, 6) is -1.57. The molecular weight excluding hydrogens is 163 g/mol. The van der Waals surface area contributed by atoms with E-state index in [4.69, 9.17) is 5.11 Å². The maximum Gasteiger partial charge on any atom is 0.366 e. The summed E-state index contributed by atoms with van der Waals surface area (Å²) in [7, 11) is 0. The molecule has 1 atom stereocenters. The van der Waals surface area contributed by atoms with Crippen LogP contribution in [0.5, 0.6) is 0 Å². The third kappa shape index (κ3) is 6.09. The number of carbonyl (C=O) groups is 1. The minimum absolute atomic E-state index is 0.0399. The molecule has 0 saturated carbocycles. The van der Waals surface area contributed by atoms with E-state index in [0.29, 0.717) is 6.42 Å². The van der Waals surface area contributed by atoms with E-state index in [9.17, 15) is 9.18 Å². The maximum atomic E-state index is 12.3. The van der Waals surface area contributed by atoms with Crippen LogP contribution < -0.4 is 0 Å². The molecule has 0 aliphatic heterocycles. The number of carboxylic acids is 1. The van der Waals surface area contributed by atoms with Crippen molar-refractivity contribution >= 4 is 5.97 Å². The molecular formula is C8H15FO3. The highest BCUT2D eigenvalue weighted by molar-refractivity contribution is 5.70. The van der Waals surface area contributed by atoms with Gasteiger partial charge in [-0.05, 0) is 11.8 Å². The highest BCUT2D eigenvalue weighted by atomic mass is 19.1. The van der Waals surface area contributed by atoms with Crippen molar-refractivity contribution in [1.82, 2.24) is 0 Å². The van der Waals surface area contributed by atoms with Crippen LogP contribution >= 0.6 is 0 Å². The van der Waals surface area contributed by atoms with Gasteiger partial charge in [0.2, 0.25) is 0 Å². The fraction of sp³-hybridized carbons (Fsp3) is 0.875. The minimum atomic E-state index is -2.19. The molecule has 0 amide bonds. The zero-order valence-corrected chi connectivity index (χ0v) is 7.63. The molecule has 1 N–H and O–H groups in total. The smallest absolute Gasteiger partial charge is 0.366 e. The number of rotatable bonds is 4. The molecule has 0 aliphatic carbocycles. The van der Waals surface area contributed by atoms with Crippen LogP contribution in [0.15, 0.2) is 0 Å². The Labute approximate surface area is 71.5 Å². The van der Waals surface area contributed by atoms with E-state index in [1.807, 2.05) is 20.8 Å². The Kier molecular flexibility index (Phi) is 4.17. The summed E-state index contributed by atoms with van der Waals surface area (Å²) in [4.78, 5) is 9.95. The number of carboxylic acid groups (broad SMARTS) is 1. The molecule has 0 bridgehead atoms. The van der Waals surface area contributed by atoms with Gasteiger partial charge in [-0.1, -0.05) is 20.8 Å². The molecule has 0 aromatic carbocycles. The van der Waals surface area contributed by atoms with Gasteiger partial charge in [-0.15, -0.1) is 0 Å². The van der Waals surface area contributed by atoms with E-state index in [1.54, 1.807) is 0 Å². The zero-order chi connectivity index (χ0) is 9.78. The van der Waals surface area contributed by atoms with Crippen molar-refractivity contribution < 1.29 is 19.0 Å². The van der Waals surface area contributed by atoms with Crippen molar-refractivity contribution in [3.05, 3.63) is 0 Å². The van der Waals surface area contributed by atoms with E-state index in [0.717, 1.165) is 0 Å². The molecule has 0 fully saturated rings. The first-order valence-electron chi connectivity index (χ1n) is 3.81. The molecule has 3 nitrogen and oxygen atoms in total. The van der Waals surface area contributed by atoms with Gasteiger partial charge in [0.25, 0.3) is 6.36 Å². The second kappa shape index (κ2) is 4.40. The van der Waals surface area contributed by atoms with E-state index in [-0.39, 0.29) is 12.0 Å². The lowest BCUT2D eigenvalue weighted by atomic mass is 9.93. The topological polar surface area (TPSA) is 46.5 Å². The van der Waals surface area contributed by atoms with E-state index in [2.05, 4.69) is 4.74 Å². The number of ether oxygens (including phenoxy) is 1. The highest BCUT2D eigenvalue weighted by Crippen LogP contribution is 2.18. The second-order valence-electron chi connectivity index (χ2n) is 3.84. The number of hydrogen-bond donors (Lipinski definition) is 1. The van der Waals surface area contributed by atoms with Crippen LogP contribution in [0.4, 0.5) is 4.39 Å². The van der Waals surface area contributed by atoms with Gasteiger partial charge in [0.15, 0.2) is 0 Å². The quantitative estimate of drug-likeness (QED) is 0.714. The van der Waals surface area contributed by atoms with Crippen LogP contribution in [-0.2, 0) is 9.53 Å². The Bertz CT molecular complexity index is 151. The van der Waals surface area contributed by atoms with Crippen LogP contribution in [0.1, 0.15) is 27.2 Å². The Morgan fingerprint density at radius 2 is 2.08 bits per heavy atom. The first-order chi connectivity index (χ1) is 5.33. The normalized spacial score (nSPS) is 14.3. The Morgan fingerprint density at radius 1 is 1.58 bits per heavy atom. The standard InChI is InChI=1S/C8H15FO3/c1-8(2,3)4-5-12-6(9)7(10)11/h6H,4-5H2,1-3H3,(H,10,11). The molecule has 0 spiro atoms. The lowest BCUT2D eigenvalue weighted by Gasteiger charge is -2.17. The molecule has 0 aromatic heterocycles. The monoisotopic (exact) mass is 178 g/mol. The number of aliphatic carboxylic acids is 1. The molecule has 0 rings (SSSR count). The Morgan fingerprint density at radius 3 is 2.42 bits per heavy atom. The van der Waals surface area contributed by atoms with Crippen LogP contribution in [0, 0.1) is 5.41 Å². The summed E-state index contributed by atoms with van der Waals surface area (Å²) < 4.78 is 16.7. The summed E-state index contributed by atoms with van der Waals surface area (Å²) >= 11 is 0. The zero-order valence-electron chi connectivity index (χ0n) is 7.63. The SMILES string of the molecule is CC(C)(C)CCOC(F)C(=O)O. The molecule has 0 aromatic rings. The van der Waals surface area contributed by atoms with Crippen molar-refractivity contribution in [2.45, 2.75) is 33.5 Å². The molecule has 0 saturated heterocycles. The van der Waals surface area contributed by atoms with Gasteiger partial charge < -0.3 is 9.84 Å². The largest absolute Gasteiger partial charge is 0.477 e. The summed E-state index contributed by atoms with van der Waals surface area (Å²) in [6, 6.07) is 0. The van der Waals surface area contributed by atoms with Crippen molar-refractivity contribution in [3.8, 4) is 0 Å². The van der Waals surface area contributed by atoms with Gasteiger partial charge in [0.05, 0.1) is 6.61 Å². The van der Waals surface area contributed by atoms with Crippen molar-refractivity contribution in [2.75, 3.05) is 6.61 Å². The third-order valence-electron chi connectivity index (χ3n) is 1.31. The van der Waals surface area contributed by atoms with Gasteiger partial charge in [-0.25, -0.2) is 9.18 Å². The van der Waals surface area contributed by atoms with Gasteiger partial charge in [0.1, 0.15) is 0 Å². The van der Waals surface area contributed by atoms with E-state index in [1.165, 1.54) is 0 Å². The minimum Gasteiger partial charge on any atom is -0.477 e. The molecule has 12 heavy (non-hydrogen) atoms. The van der Waals surface area contributed by atoms with Gasteiger partial charge in [0, 0.05) is 0 Å². The fourth-order valence-corrected chi connectivity index (χ4v) is 0.540. The lowest BCUT2D eigenvalue weighted by Crippen LogP contribution is -2.20. The van der Waals surface area contributed by atoms with Crippen LogP contribution in [0.25, 0.3) is 0 Å². The van der Waals surface area contributed by atoms with Gasteiger partial charge >= 0.3 is 5.97 Å². The van der Waals surface area contributed by atoms with Gasteiger partial charge in [-0.2, -0.15) is 0 Å². The number of alkyl halides is 1. The average molecular weight is 178 g/mol. The highest BCUT2D eigenvalue weighted by Gasteiger charge is 2.17. The first kappa shape index (κ1) is 11.4. The molecule has 0 aliphatic rings. The Hall–Kier alpha value is -0.640. The second-order valence-corrected chi connectivity index (χ2v) is 3.84.